The fraction of sp³-hybridized carbons (Fsp3) is 0.471. The van der Waals surface area contributed by atoms with E-state index in [9.17, 15) is 0 Å². The van der Waals surface area contributed by atoms with Gasteiger partial charge in [-0.05, 0) is 37.7 Å². The molecule has 0 amide bonds. The molecular weight excluding hydrogens is 262 g/mol. The van der Waals surface area contributed by atoms with E-state index in [0.29, 0.717) is 6.10 Å². The molecule has 1 unspecified atom stereocenters. The van der Waals surface area contributed by atoms with E-state index in [2.05, 4.69) is 17.2 Å². The zero-order chi connectivity index (χ0) is 14.7. The van der Waals surface area contributed by atoms with Crippen LogP contribution in [0.5, 0.6) is 0 Å². The van der Waals surface area contributed by atoms with E-state index in [4.69, 9.17) is 10.5 Å². The van der Waals surface area contributed by atoms with Gasteiger partial charge >= 0.3 is 0 Å². The lowest BCUT2D eigenvalue weighted by molar-refractivity contribution is 0.0113. The van der Waals surface area contributed by atoms with Crippen molar-refractivity contribution in [3.63, 3.8) is 0 Å². The van der Waals surface area contributed by atoms with Gasteiger partial charge in [-0.25, -0.2) is 0 Å². The van der Waals surface area contributed by atoms with E-state index in [-0.39, 0.29) is 0 Å². The summed E-state index contributed by atoms with van der Waals surface area (Å²) >= 11 is 0. The molecule has 21 heavy (non-hydrogen) atoms. The van der Waals surface area contributed by atoms with Crippen molar-refractivity contribution in [2.24, 2.45) is 7.05 Å². The number of anilines is 1. The molecule has 3 rings (SSSR count). The van der Waals surface area contributed by atoms with Crippen LogP contribution in [0.2, 0.25) is 0 Å². The van der Waals surface area contributed by atoms with Crippen molar-refractivity contribution in [1.82, 2.24) is 9.78 Å². The number of nitrogens with zero attached hydrogens (tertiary/aromatic N) is 2. The molecule has 112 valence electrons. The Morgan fingerprint density at radius 2 is 2.10 bits per heavy atom. The topological polar surface area (TPSA) is 53.1 Å². The molecule has 0 saturated carbocycles. The first-order chi connectivity index (χ1) is 10.3. The number of rotatable bonds is 4. The summed E-state index contributed by atoms with van der Waals surface area (Å²) < 4.78 is 7.59. The van der Waals surface area contributed by atoms with Crippen molar-refractivity contribution < 1.29 is 4.74 Å². The largest absolute Gasteiger partial charge is 0.383 e. The predicted octanol–water partition coefficient (Wildman–Crippen LogP) is 3.17. The Morgan fingerprint density at radius 3 is 2.81 bits per heavy atom. The van der Waals surface area contributed by atoms with Gasteiger partial charge in [0.2, 0.25) is 0 Å². The van der Waals surface area contributed by atoms with E-state index in [1.54, 1.807) is 4.68 Å². The standard InChI is InChI=1S/C17H23N3O/c1-20-17(18)16(13-7-3-2-4-8-13)15(19-20)11-10-14-9-5-6-12-21-14/h2-4,7-8,14H,5-6,9-12,18H2,1H3. The number of ether oxygens (including phenoxy) is 1. The lowest BCUT2D eigenvalue weighted by Crippen LogP contribution is -2.19. The first-order valence-corrected chi connectivity index (χ1v) is 7.74. The molecule has 0 radical (unpaired) electrons. The maximum Gasteiger partial charge on any atom is 0.129 e. The third kappa shape index (κ3) is 3.10. The van der Waals surface area contributed by atoms with Crippen molar-refractivity contribution >= 4 is 5.82 Å². The molecule has 0 spiro atoms. The summed E-state index contributed by atoms with van der Waals surface area (Å²) in [5.74, 6) is 0.737. The van der Waals surface area contributed by atoms with Gasteiger partial charge in [-0.15, -0.1) is 0 Å². The van der Waals surface area contributed by atoms with E-state index >= 15 is 0 Å². The number of benzene rings is 1. The maximum absolute atomic E-state index is 6.21. The predicted molar refractivity (Wildman–Crippen MR) is 85.0 cm³/mol. The second kappa shape index (κ2) is 6.31. The van der Waals surface area contributed by atoms with E-state index in [1.807, 2.05) is 25.2 Å². The zero-order valence-electron chi connectivity index (χ0n) is 12.6. The highest BCUT2D eigenvalue weighted by Gasteiger charge is 2.19. The molecule has 1 atom stereocenters. The zero-order valence-corrected chi connectivity index (χ0v) is 12.6. The molecule has 2 aromatic rings. The summed E-state index contributed by atoms with van der Waals surface area (Å²) in [4.78, 5) is 0. The van der Waals surface area contributed by atoms with Crippen LogP contribution in [-0.4, -0.2) is 22.5 Å². The van der Waals surface area contributed by atoms with Gasteiger partial charge in [0, 0.05) is 19.2 Å². The average molecular weight is 285 g/mol. The van der Waals surface area contributed by atoms with Gasteiger partial charge in [-0.2, -0.15) is 5.10 Å². The van der Waals surface area contributed by atoms with E-state index < -0.39 is 0 Å². The van der Waals surface area contributed by atoms with Crippen LogP contribution < -0.4 is 5.73 Å². The van der Waals surface area contributed by atoms with Gasteiger partial charge in [-0.1, -0.05) is 30.3 Å². The summed E-state index contributed by atoms with van der Waals surface area (Å²) in [5.41, 5.74) is 9.51. The van der Waals surface area contributed by atoms with Gasteiger partial charge in [0.25, 0.3) is 0 Å². The molecule has 0 bridgehead atoms. The average Bonchev–Trinajstić information content (AvgIpc) is 2.82. The molecule has 1 fully saturated rings. The summed E-state index contributed by atoms with van der Waals surface area (Å²) in [5, 5.41) is 4.61. The Balaban J connectivity index is 1.80. The monoisotopic (exact) mass is 285 g/mol. The van der Waals surface area contributed by atoms with Crippen LogP contribution >= 0.6 is 0 Å². The molecule has 2 N–H and O–H groups in total. The molecule has 1 saturated heterocycles. The summed E-state index contributed by atoms with van der Waals surface area (Å²) in [6, 6.07) is 10.3. The Bertz CT molecular complexity index is 586. The fourth-order valence-electron chi connectivity index (χ4n) is 3.02. The normalized spacial score (nSPS) is 18.8. The third-order valence-corrected chi connectivity index (χ3v) is 4.20. The van der Waals surface area contributed by atoms with Crippen LogP contribution in [0, 0.1) is 0 Å². The first-order valence-electron chi connectivity index (χ1n) is 7.74. The van der Waals surface area contributed by atoms with Crippen LogP contribution in [0.3, 0.4) is 0 Å². The summed E-state index contributed by atoms with van der Waals surface area (Å²) in [7, 11) is 1.91. The molecule has 4 heteroatoms. The molecule has 1 aromatic heterocycles. The minimum absolute atomic E-state index is 0.380. The maximum atomic E-state index is 6.21. The summed E-state index contributed by atoms with van der Waals surface area (Å²) in [6.07, 6.45) is 5.97. The second-order valence-corrected chi connectivity index (χ2v) is 5.72. The number of nitrogen functional groups attached to an aromatic ring is 1. The van der Waals surface area contributed by atoms with E-state index in [0.717, 1.165) is 42.1 Å². The molecular formula is C17H23N3O. The smallest absolute Gasteiger partial charge is 0.129 e. The van der Waals surface area contributed by atoms with Crippen molar-refractivity contribution in [3.8, 4) is 11.1 Å². The lowest BCUT2D eigenvalue weighted by atomic mass is 9.99. The van der Waals surface area contributed by atoms with Crippen LogP contribution in [0.15, 0.2) is 30.3 Å². The highest BCUT2D eigenvalue weighted by molar-refractivity contribution is 5.76. The van der Waals surface area contributed by atoms with Crippen molar-refractivity contribution in [2.75, 3.05) is 12.3 Å². The second-order valence-electron chi connectivity index (χ2n) is 5.72. The van der Waals surface area contributed by atoms with Gasteiger partial charge in [0.05, 0.1) is 11.8 Å². The highest BCUT2D eigenvalue weighted by atomic mass is 16.5. The van der Waals surface area contributed by atoms with Gasteiger partial charge in [-0.3, -0.25) is 4.68 Å². The number of aryl methyl sites for hydroxylation is 2. The number of hydrogen-bond donors (Lipinski definition) is 1. The van der Waals surface area contributed by atoms with Gasteiger partial charge in [0.15, 0.2) is 0 Å². The Morgan fingerprint density at radius 1 is 1.29 bits per heavy atom. The van der Waals surface area contributed by atoms with Crippen LogP contribution in [0.1, 0.15) is 31.4 Å². The fourth-order valence-corrected chi connectivity index (χ4v) is 3.02. The molecule has 1 aliphatic rings. The third-order valence-electron chi connectivity index (χ3n) is 4.20. The molecule has 2 heterocycles. The number of hydrogen-bond acceptors (Lipinski definition) is 3. The Labute approximate surface area is 125 Å². The number of nitrogens with two attached hydrogens (primary N) is 1. The Hall–Kier alpha value is -1.81. The molecule has 1 aromatic carbocycles. The quantitative estimate of drug-likeness (QED) is 0.938. The van der Waals surface area contributed by atoms with Gasteiger partial charge in [0.1, 0.15) is 5.82 Å². The van der Waals surface area contributed by atoms with Crippen molar-refractivity contribution in [1.29, 1.82) is 0 Å². The summed E-state index contributed by atoms with van der Waals surface area (Å²) in [6.45, 7) is 0.903. The van der Waals surface area contributed by atoms with Crippen LogP contribution in [0.25, 0.3) is 11.1 Å². The minimum atomic E-state index is 0.380. The minimum Gasteiger partial charge on any atom is -0.383 e. The Kier molecular flexibility index (Phi) is 4.25. The first kappa shape index (κ1) is 14.1. The van der Waals surface area contributed by atoms with Crippen LogP contribution in [-0.2, 0) is 18.2 Å². The van der Waals surface area contributed by atoms with E-state index in [1.165, 1.54) is 19.3 Å². The van der Waals surface area contributed by atoms with Crippen molar-refractivity contribution in [3.05, 3.63) is 36.0 Å². The SMILES string of the molecule is Cn1nc(CCC2CCCCO2)c(-c2ccccc2)c1N. The highest BCUT2D eigenvalue weighted by Crippen LogP contribution is 2.30. The van der Waals surface area contributed by atoms with Crippen molar-refractivity contribution in [2.45, 2.75) is 38.2 Å². The molecule has 4 nitrogen and oxygen atoms in total. The molecule has 1 aliphatic heterocycles. The van der Waals surface area contributed by atoms with Gasteiger partial charge < -0.3 is 10.5 Å². The lowest BCUT2D eigenvalue weighted by Gasteiger charge is -2.22. The molecule has 0 aliphatic carbocycles. The number of aromatic nitrogens is 2. The van der Waals surface area contributed by atoms with Crippen LogP contribution in [0.4, 0.5) is 5.82 Å².